The number of hydrogen-bond acceptors (Lipinski definition) is 5. The molecule has 0 unspecified atom stereocenters. The Kier molecular flexibility index (Phi) is 5.53. The van der Waals surface area contributed by atoms with E-state index in [0.29, 0.717) is 22.2 Å². The first-order valence-electron chi connectivity index (χ1n) is 6.44. The molecule has 0 saturated carbocycles. The van der Waals surface area contributed by atoms with E-state index in [-0.39, 0.29) is 19.0 Å². The number of nitriles is 1. The molecular formula is C15H13ClFN3O2. The monoisotopic (exact) mass is 321 g/mol. The number of aliphatic hydroxyl groups is 1. The summed E-state index contributed by atoms with van der Waals surface area (Å²) in [7, 11) is 0. The van der Waals surface area contributed by atoms with Gasteiger partial charge in [0.2, 0.25) is 0 Å². The fourth-order valence-electron chi connectivity index (χ4n) is 1.63. The van der Waals surface area contributed by atoms with Gasteiger partial charge < -0.3 is 15.2 Å². The Hall–Kier alpha value is -2.36. The number of aromatic nitrogens is 1. The molecule has 114 valence electrons. The second kappa shape index (κ2) is 7.59. The maximum Gasteiger partial charge on any atom is 0.144 e. The van der Waals surface area contributed by atoms with Crippen LogP contribution in [0, 0.1) is 17.1 Å². The fourth-order valence-corrected chi connectivity index (χ4v) is 1.86. The fraction of sp³-hybridized carbons (Fsp3) is 0.200. The highest BCUT2D eigenvalue weighted by molar-refractivity contribution is 6.33. The zero-order valence-electron chi connectivity index (χ0n) is 11.5. The maximum absolute atomic E-state index is 12.7. The van der Waals surface area contributed by atoms with Gasteiger partial charge >= 0.3 is 0 Å². The highest BCUT2D eigenvalue weighted by atomic mass is 35.5. The molecule has 0 saturated heterocycles. The molecule has 0 amide bonds. The minimum Gasteiger partial charge on any atom is -0.491 e. The van der Waals surface area contributed by atoms with Gasteiger partial charge in [-0.05, 0) is 30.3 Å². The van der Waals surface area contributed by atoms with Gasteiger partial charge in [0.1, 0.15) is 36.2 Å². The van der Waals surface area contributed by atoms with E-state index in [1.165, 1.54) is 36.5 Å². The molecule has 0 bridgehead atoms. The summed E-state index contributed by atoms with van der Waals surface area (Å²) in [5.74, 6) is 0.493. The Morgan fingerprint density at radius 1 is 1.41 bits per heavy atom. The summed E-state index contributed by atoms with van der Waals surface area (Å²) in [4.78, 5) is 3.99. The Morgan fingerprint density at radius 2 is 2.14 bits per heavy atom. The quantitative estimate of drug-likeness (QED) is 0.855. The molecule has 0 aliphatic rings. The van der Waals surface area contributed by atoms with Gasteiger partial charge in [0.15, 0.2) is 0 Å². The van der Waals surface area contributed by atoms with Crippen LogP contribution in [0.1, 0.15) is 5.56 Å². The number of anilines is 1. The van der Waals surface area contributed by atoms with Gasteiger partial charge in [0.25, 0.3) is 0 Å². The van der Waals surface area contributed by atoms with Crippen molar-refractivity contribution in [3.63, 3.8) is 0 Å². The third-order valence-electron chi connectivity index (χ3n) is 2.73. The molecule has 1 aromatic carbocycles. The summed E-state index contributed by atoms with van der Waals surface area (Å²) in [5.41, 5.74) is 0.357. The number of nitrogens with zero attached hydrogens (tertiary/aromatic N) is 2. The van der Waals surface area contributed by atoms with Crippen molar-refractivity contribution >= 4 is 17.4 Å². The molecule has 1 atom stereocenters. The van der Waals surface area contributed by atoms with Crippen molar-refractivity contribution in [1.29, 1.82) is 5.26 Å². The Morgan fingerprint density at radius 3 is 2.77 bits per heavy atom. The van der Waals surface area contributed by atoms with Gasteiger partial charge in [-0.15, -0.1) is 0 Å². The first-order chi connectivity index (χ1) is 10.6. The zero-order valence-corrected chi connectivity index (χ0v) is 12.2. The topological polar surface area (TPSA) is 78.2 Å². The minimum atomic E-state index is -0.807. The van der Waals surface area contributed by atoms with Gasteiger partial charge in [0.05, 0.1) is 10.6 Å². The Bertz CT molecular complexity index is 673. The van der Waals surface area contributed by atoms with Crippen LogP contribution in [0.5, 0.6) is 5.75 Å². The highest BCUT2D eigenvalue weighted by Gasteiger charge is 2.08. The van der Waals surface area contributed by atoms with Crippen LogP contribution in [0.2, 0.25) is 5.02 Å². The van der Waals surface area contributed by atoms with E-state index in [0.717, 1.165) is 0 Å². The third-order valence-corrected chi connectivity index (χ3v) is 3.02. The van der Waals surface area contributed by atoms with Crippen molar-refractivity contribution in [3.8, 4) is 11.8 Å². The van der Waals surface area contributed by atoms with Crippen LogP contribution >= 0.6 is 11.6 Å². The number of benzene rings is 1. The smallest absolute Gasteiger partial charge is 0.144 e. The maximum atomic E-state index is 12.7. The molecule has 2 rings (SSSR count). The molecule has 1 aromatic heterocycles. The summed E-state index contributed by atoms with van der Waals surface area (Å²) in [6.45, 7) is 0.201. The number of ether oxygens (including phenoxy) is 1. The first-order valence-corrected chi connectivity index (χ1v) is 6.82. The molecule has 0 radical (unpaired) electrons. The van der Waals surface area contributed by atoms with Crippen LogP contribution in [0.15, 0.2) is 36.5 Å². The second-order valence-corrected chi connectivity index (χ2v) is 4.87. The summed E-state index contributed by atoms with van der Waals surface area (Å²) in [5, 5.41) is 21.7. The lowest BCUT2D eigenvalue weighted by Gasteiger charge is -2.14. The average molecular weight is 322 g/mol. The number of aliphatic hydroxyl groups excluding tert-OH is 1. The van der Waals surface area contributed by atoms with Crippen LogP contribution in [0.3, 0.4) is 0 Å². The molecule has 22 heavy (non-hydrogen) atoms. The highest BCUT2D eigenvalue weighted by Crippen LogP contribution is 2.19. The molecule has 1 heterocycles. The van der Waals surface area contributed by atoms with Crippen LogP contribution in [0.4, 0.5) is 10.2 Å². The van der Waals surface area contributed by atoms with Crippen LogP contribution in [0.25, 0.3) is 0 Å². The Balaban J connectivity index is 1.81. The van der Waals surface area contributed by atoms with Crippen molar-refractivity contribution in [2.75, 3.05) is 18.5 Å². The van der Waals surface area contributed by atoms with E-state index in [2.05, 4.69) is 10.3 Å². The number of halogens is 2. The standard InChI is InChI=1S/C15H13ClFN3O2/c16-14-5-10(6-18)7-19-15(14)20-8-12(21)9-22-13-3-1-11(17)2-4-13/h1-5,7,12,21H,8-9H2,(H,19,20)/t12-/m1/s1. The zero-order chi connectivity index (χ0) is 15.9. The number of nitrogens with one attached hydrogen (secondary N) is 1. The van der Waals surface area contributed by atoms with Crippen molar-refractivity contribution in [2.45, 2.75) is 6.10 Å². The van der Waals surface area contributed by atoms with Crippen LogP contribution in [-0.2, 0) is 0 Å². The van der Waals surface area contributed by atoms with Crippen molar-refractivity contribution in [2.24, 2.45) is 0 Å². The summed E-state index contributed by atoms with van der Waals surface area (Å²) in [6.07, 6.45) is 0.578. The van der Waals surface area contributed by atoms with Gasteiger partial charge in [-0.1, -0.05) is 11.6 Å². The number of pyridine rings is 1. The molecule has 7 heteroatoms. The molecule has 5 nitrogen and oxygen atoms in total. The minimum absolute atomic E-state index is 0.0343. The van der Waals surface area contributed by atoms with E-state index in [9.17, 15) is 9.50 Å². The molecule has 2 N–H and O–H groups in total. The molecule has 0 aliphatic heterocycles. The van der Waals surface area contributed by atoms with E-state index in [4.69, 9.17) is 21.6 Å². The number of hydrogen-bond donors (Lipinski definition) is 2. The predicted octanol–water partition coefficient (Wildman–Crippen LogP) is 2.60. The molecule has 0 aliphatic carbocycles. The van der Waals surface area contributed by atoms with Gasteiger partial charge in [-0.25, -0.2) is 9.37 Å². The second-order valence-electron chi connectivity index (χ2n) is 4.47. The molecule has 0 spiro atoms. The van der Waals surface area contributed by atoms with Gasteiger partial charge in [0, 0.05) is 12.7 Å². The van der Waals surface area contributed by atoms with Crippen molar-refractivity contribution in [1.82, 2.24) is 4.98 Å². The lowest BCUT2D eigenvalue weighted by atomic mass is 10.3. The summed E-state index contributed by atoms with van der Waals surface area (Å²) < 4.78 is 18.1. The molecule has 2 aromatic rings. The molecular weight excluding hydrogens is 309 g/mol. The number of rotatable bonds is 6. The lowest BCUT2D eigenvalue weighted by Crippen LogP contribution is -2.26. The summed E-state index contributed by atoms with van der Waals surface area (Å²) >= 11 is 5.95. The van der Waals surface area contributed by atoms with E-state index in [1.54, 1.807) is 0 Å². The normalized spacial score (nSPS) is 11.5. The largest absolute Gasteiger partial charge is 0.491 e. The summed E-state index contributed by atoms with van der Waals surface area (Å²) in [6, 6.07) is 8.93. The van der Waals surface area contributed by atoms with E-state index < -0.39 is 6.10 Å². The van der Waals surface area contributed by atoms with Gasteiger partial charge in [-0.3, -0.25) is 0 Å². The average Bonchev–Trinajstić information content (AvgIpc) is 2.53. The van der Waals surface area contributed by atoms with E-state index in [1.807, 2.05) is 6.07 Å². The van der Waals surface area contributed by atoms with Crippen molar-refractivity contribution in [3.05, 3.63) is 52.9 Å². The van der Waals surface area contributed by atoms with Crippen LogP contribution < -0.4 is 10.1 Å². The van der Waals surface area contributed by atoms with E-state index >= 15 is 0 Å². The van der Waals surface area contributed by atoms with Crippen LogP contribution in [-0.4, -0.2) is 29.3 Å². The lowest BCUT2D eigenvalue weighted by molar-refractivity contribution is 0.117. The first kappa shape index (κ1) is 16.0. The predicted molar refractivity (Wildman–Crippen MR) is 80.4 cm³/mol. The SMILES string of the molecule is N#Cc1cnc(NC[C@@H](O)COc2ccc(F)cc2)c(Cl)c1. The molecule has 0 fully saturated rings. The Labute approximate surface area is 131 Å². The third kappa shape index (κ3) is 4.58. The van der Waals surface area contributed by atoms with Gasteiger partial charge in [-0.2, -0.15) is 5.26 Å². The van der Waals surface area contributed by atoms with Crippen molar-refractivity contribution < 1.29 is 14.2 Å².